The van der Waals surface area contributed by atoms with E-state index in [1.807, 2.05) is 11.9 Å². The van der Waals surface area contributed by atoms with Crippen molar-refractivity contribution in [1.29, 1.82) is 0 Å². The number of likely N-dealkylation sites (N-methyl/N-ethyl adjacent to an activating group) is 1. The Morgan fingerprint density at radius 2 is 2.56 bits per heavy atom. The summed E-state index contributed by atoms with van der Waals surface area (Å²) in [6.45, 7) is 2.19. The van der Waals surface area contributed by atoms with Crippen molar-refractivity contribution in [2.75, 3.05) is 33.4 Å². The average Bonchev–Trinajstić information content (AvgIpc) is 1.89. The molecule has 1 aliphatic heterocycles. The molecule has 0 bridgehead atoms. The minimum absolute atomic E-state index is 0.0544. The number of hydrogen-bond acceptors (Lipinski definition) is 1. The van der Waals surface area contributed by atoms with E-state index in [-0.39, 0.29) is 12.7 Å². The number of rotatable bonds is 1. The fourth-order valence-corrected chi connectivity index (χ4v) is 0.957. The van der Waals surface area contributed by atoms with Gasteiger partial charge >= 0.3 is 0 Å². The van der Waals surface area contributed by atoms with Crippen LogP contribution in [0.2, 0.25) is 0 Å². The molecular weight excluding hydrogens is 119 g/mol. The standard InChI is InChI=1S/C6H12FN2/c1-9-3-2-8-5-6(9)4-7/h6H,2-5H2,1H3. The first-order chi connectivity index (χ1) is 4.34. The largest absolute Gasteiger partial charge is 0.298 e. The van der Waals surface area contributed by atoms with E-state index in [2.05, 4.69) is 5.32 Å². The molecule has 1 rings (SSSR count). The Hall–Kier alpha value is -0.150. The zero-order valence-electron chi connectivity index (χ0n) is 5.68. The predicted molar refractivity (Wildman–Crippen MR) is 34.3 cm³/mol. The summed E-state index contributed by atoms with van der Waals surface area (Å²) in [5.41, 5.74) is 0. The second kappa shape index (κ2) is 3.13. The summed E-state index contributed by atoms with van der Waals surface area (Å²) < 4.78 is 12.0. The maximum absolute atomic E-state index is 12.0. The molecule has 3 heteroatoms. The lowest BCUT2D eigenvalue weighted by atomic mass is 10.2. The normalized spacial score (nSPS) is 30.7. The van der Waals surface area contributed by atoms with Crippen LogP contribution in [-0.2, 0) is 0 Å². The molecule has 0 aromatic heterocycles. The van der Waals surface area contributed by atoms with E-state index in [1.54, 1.807) is 0 Å². The SMILES string of the molecule is CN1CC[N]CC1CF. The van der Waals surface area contributed by atoms with E-state index in [1.165, 1.54) is 0 Å². The molecule has 0 aromatic rings. The molecular formula is C6H12FN2. The number of nitrogens with zero attached hydrogens (tertiary/aromatic N) is 2. The summed E-state index contributed by atoms with van der Waals surface area (Å²) in [5.74, 6) is 0. The first-order valence-electron chi connectivity index (χ1n) is 3.24. The van der Waals surface area contributed by atoms with Crippen LogP contribution in [0.1, 0.15) is 0 Å². The number of halogens is 1. The molecule has 1 aliphatic rings. The van der Waals surface area contributed by atoms with Crippen molar-refractivity contribution < 1.29 is 4.39 Å². The Labute approximate surface area is 55.0 Å². The van der Waals surface area contributed by atoms with Crippen LogP contribution in [-0.4, -0.2) is 44.3 Å². The second-order valence-corrected chi connectivity index (χ2v) is 2.42. The van der Waals surface area contributed by atoms with E-state index in [0.29, 0.717) is 6.54 Å². The first kappa shape index (κ1) is 6.96. The highest BCUT2D eigenvalue weighted by atomic mass is 19.1. The van der Waals surface area contributed by atoms with Crippen molar-refractivity contribution in [3.8, 4) is 0 Å². The molecule has 0 aromatic carbocycles. The van der Waals surface area contributed by atoms with Gasteiger partial charge < -0.3 is 0 Å². The van der Waals surface area contributed by atoms with Gasteiger partial charge in [0.25, 0.3) is 0 Å². The summed E-state index contributed by atoms with van der Waals surface area (Å²) in [7, 11) is 1.94. The van der Waals surface area contributed by atoms with Gasteiger partial charge in [0.05, 0.1) is 6.04 Å². The van der Waals surface area contributed by atoms with Crippen LogP contribution in [0, 0.1) is 0 Å². The van der Waals surface area contributed by atoms with Gasteiger partial charge in [-0.05, 0) is 7.05 Å². The van der Waals surface area contributed by atoms with Crippen LogP contribution in [0.15, 0.2) is 0 Å². The van der Waals surface area contributed by atoms with Gasteiger partial charge in [0.2, 0.25) is 0 Å². The van der Waals surface area contributed by atoms with Gasteiger partial charge in [0.15, 0.2) is 0 Å². The smallest absolute Gasteiger partial charge is 0.106 e. The molecule has 1 heterocycles. The van der Waals surface area contributed by atoms with E-state index in [0.717, 1.165) is 13.1 Å². The first-order valence-corrected chi connectivity index (χ1v) is 3.24. The van der Waals surface area contributed by atoms with Gasteiger partial charge in [-0.15, -0.1) is 0 Å². The van der Waals surface area contributed by atoms with Crippen LogP contribution in [0.3, 0.4) is 0 Å². The summed E-state index contributed by atoms with van der Waals surface area (Å²) in [4.78, 5) is 2.02. The lowest BCUT2D eigenvalue weighted by Gasteiger charge is -2.29. The molecule has 0 N–H and O–H groups in total. The molecule has 0 saturated carbocycles. The van der Waals surface area contributed by atoms with Crippen molar-refractivity contribution in [3.63, 3.8) is 0 Å². The zero-order valence-corrected chi connectivity index (χ0v) is 5.68. The molecule has 1 atom stereocenters. The molecule has 1 radical (unpaired) electrons. The summed E-state index contributed by atoms with van der Waals surface area (Å²) >= 11 is 0. The second-order valence-electron chi connectivity index (χ2n) is 2.42. The van der Waals surface area contributed by atoms with E-state index in [9.17, 15) is 4.39 Å². The Balaban J connectivity index is 2.30. The molecule has 2 nitrogen and oxygen atoms in total. The van der Waals surface area contributed by atoms with Crippen LogP contribution in [0.4, 0.5) is 4.39 Å². The van der Waals surface area contributed by atoms with E-state index in [4.69, 9.17) is 0 Å². The zero-order chi connectivity index (χ0) is 6.69. The van der Waals surface area contributed by atoms with Crippen molar-refractivity contribution in [1.82, 2.24) is 10.2 Å². The van der Waals surface area contributed by atoms with Gasteiger partial charge in [-0.25, -0.2) is 9.71 Å². The fourth-order valence-electron chi connectivity index (χ4n) is 0.957. The molecule has 9 heavy (non-hydrogen) atoms. The van der Waals surface area contributed by atoms with Crippen LogP contribution in [0.5, 0.6) is 0 Å². The minimum Gasteiger partial charge on any atom is -0.298 e. The van der Waals surface area contributed by atoms with Gasteiger partial charge in [-0.2, -0.15) is 0 Å². The summed E-state index contributed by atoms with van der Waals surface area (Å²) in [6.07, 6.45) is 0. The topological polar surface area (TPSA) is 17.3 Å². The number of piperazine rings is 1. The molecule has 1 fully saturated rings. The third-order valence-electron chi connectivity index (χ3n) is 1.75. The van der Waals surface area contributed by atoms with Gasteiger partial charge in [0, 0.05) is 19.6 Å². The van der Waals surface area contributed by atoms with Crippen molar-refractivity contribution >= 4 is 0 Å². The quantitative estimate of drug-likeness (QED) is 0.484. The maximum atomic E-state index is 12.0. The maximum Gasteiger partial charge on any atom is 0.106 e. The number of hydrogen-bond donors (Lipinski definition) is 0. The van der Waals surface area contributed by atoms with Crippen LogP contribution in [0.25, 0.3) is 0 Å². The molecule has 1 unspecified atom stereocenters. The summed E-state index contributed by atoms with van der Waals surface area (Å²) in [5, 5.41) is 4.10. The predicted octanol–water partition coefficient (Wildman–Crippen LogP) is -0.126. The van der Waals surface area contributed by atoms with Gasteiger partial charge in [-0.3, -0.25) is 4.90 Å². The Bertz CT molecular complexity index is 87.1. The minimum atomic E-state index is -0.264. The van der Waals surface area contributed by atoms with E-state index < -0.39 is 0 Å². The lowest BCUT2D eigenvalue weighted by molar-refractivity contribution is 0.166. The summed E-state index contributed by atoms with van der Waals surface area (Å²) in [6, 6.07) is 0.0544. The van der Waals surface area contributed by atoms with Crippen LogP contribution < -0.4 is 5.32 Å². The highest BCUT2D eigenvalue weighted by Crippen LogP contribution is 2.00. The molecule has 0 aliphatic carbocycles. The third kappa shape index (κ3) is 1.63. The molecule has 53 valence electrons. The number of alkyl halides is 1. The van der Waals surface area contributed by atoms with E-state index >= 15 is 0 Å². The van der Waals surface area contributed by atoms with Crippen molar-refractivity contribution in [2.24, 2.45) is 0 Å². The third-order valence-corrected chi connectivity index (χ3v) is 1.75. The molecule has 1 saturated heterocycles. The molecule has 0 spiro atoms. The monoisotopic (exact) mass is 131 g/mol. The van der Waals surface area contributed by atoms with Crippen molar-refractivity contribution in [3.05, 3.63) is 0 Å². The highest BCUT2D eigenvalue weighted by molar-refractivity contribution is 4.75. The Morgan fingerprint density at radius 1 is 1.78 bits per heavy atom. The Morgan fingerprint density at radius 3 is 3.00 bits per heavy atom. The highest BCUT2D eigenvalue weighted by Gasteiger charge is 2.17. The Kier molecular flexibility index (Phi) is 2.42. The lowest BCUT2D eigenvalue weighted by Crippen LogP contribution is -2.47. The molecule has 0 amide bonds. The fraction of sp³-hybridized carbons (Fsp3) is 1.00. The van der Waals surface area contributed by atoms with Gasteiger partial charge in [0.1, 0.15) is 6.67 Å². The average molecular weight is 131 g/mol. The van der Waals surface area contributed by atoms with Gasteiger partial charge in [-0.1, -0.05) is 0 Å². The van der Waals surface area contributed by atoms with Crippen LogP contribution >= 0.6 is 0 Å². The van der Waals surface area contributed by atoms with Crippen molar-refractivity contribution in [2.45, 2.75) is 6.04 Å².